The quantitative estimate of drug-likeness (QED) is 0.864. The fraction of sp³-hybridized carbons (Fsp3) is 0.615. The molecule has 0 radical (unpaired) electrons. The minimum absolute atomic E-state index is 0.0675. The SMILES string of the molecule is CC1CCC(N(C)C(=O)c2ccc(N)nn2)CC1. The van der Waals surface area contributed by atoms with Crippen molar-refractivity contribution in [3.05, 3.63) is 17.8 Å². The van der Waals surface area contributed by atoms with E-state index in [1.54, 1.807) is 17.0 Å². The molecule has 0 unspecified atom stereocenters. The highest BCUT2D eigenvalue weighted by Crippen LogP contribution is 2.26. The number of carbonyl (C=O) groups is 1. The van der Waals surface area contributed by atoms with Gasteiger partial charge >= 0.3 is 0 Å². The summed E-state index contributed by atoms with van der Waals surface area (Å²) >= 11 is 0. The van der Waals surface area contributed by atoms with Crippen LogP contribution in [0, 0.1) is 5.92 Å². The third-order valence-electron chi connectivity index (χ3n) is 3.76. The fourth-order valence-corrected chi connectivity index (χ4v) is 2.43. The van der Waals surface area contributed by atoms with E-state index >= 15 is 0 Å². The number of amides is 1. The van der Waals surface area contributed by atoms with E-state index in [2.05, 4.69) is 17.1 Å². The van der Waals surface area contributed by atoms with Crippen molar-refractivity contribution in [1.82, 2.24) is 15.1 Å². The Balaban J connectivity index is 2.02. The third-order valence-corrected chi connectivity index (χ3v) is 3.76. The molecule has 0 spiro atoms. The maximum absolute atomic E-state index is 12.2. The molecule has 1 aliphatic carbocycles. The van der Waals surface area contributed by atoms with Crippen molar-refractivity contribution in [2.24, 2.45) is 5.92 Å². The van der Waals surface area contributed by atoms with Crippen molar-refractivity contribution in [1.29, 1.82) is 0 Å². The van der Waals surface area contributed by atoms with E-state index in [-0.39, 0.29) is 5.91 Å². The highest BCUT2D eigenvalue weighted by molar-refractivity contribution is 5.92. The first-order valence-corrected chi connectivity index (χ1v) is 6.44. The van der Waals surface area contributed by atoms with Crippen molar-refractivity contribution < 1.29 is 4.79 Å². The lowest BCUT2D eigenvalue weighted by Gasteiger charge is -2.33. The maximum atomic E-state index is 12.2. The monoisotopic (exact) mass is 248 g/mol. The zero-order valence-electron chi connectivity index (χ0n) is 11.0. The summed E-state index contributed by atoms with van der Waals surface area (Å²) < 4.78 is 0. The average Bonchev–Trinajstić information content (AvgIpc) is 2.39. The normalized spacial score (nSPS) is 23.7. The van der Waals surface area contributed by atoms with Crippen LogP contribution in [0.1, 0.15) is 43.1 Å². The van der Waals surface area contributed by atoms with E-state index in [0.717, 1.165) is 18.8 Å². The number of anilines is 1. The number of hydrogen-bond acceptors (Lipinski definition) is 4. The molecule has 2 N–H and O–H groups in total. The van der Waals surface area contributed by atoms with Crippen LogP contribution in [-0.2, 0) is 0 Å². The largest absolute Gasteiger partial charge is 0.382 e. The molecular weight excluding hydrogens is 228 g/mol. The Morgan fingerprint density at radius 2 is 1.94 bits per heavy atom. The van der Waals surface area contributed by atoms with Gasteiger partial charge in [-0.2, -0.15) is 0 Å². The van der Waals surface area contributed by atoms with E-state index in [9.17, 15) is 4.79 Å². The standard InChI is InChI=1S/C13H20N4O/c1-9-3-5-10(6-4-9)17(2)13(18)11-7-8-12(14)16-15-11/h7-10H,3-6H2,1-2H3,(H2,14,16). The van der Waals surface area contributed by atoms with Crippen LogP contribution in [0.2, 0.25) is 0 Å². The minimum Gasteiger partial charge on any atom is -0.382 e. The van der Waals surface area contributed by atoms with Crippen molar-refractivity contribution in [2.75, 3.05) is 12.8 Å². The minimum atomic E-state index is -0.0675. The highest BCUT2D eigenvalue weighted by Gasteiger charge is 2.26. The van der Waals surface area contributed by atoms with Gasteiger partial charge in [0.15, 0.2) is 5.69 Å². The summed E-state index contributed by atoms with van der Waals surface area (Å²) in [6.45, 7) is 2.27. The van der Waals surface area contributed by atoms with E-state index in [0.29, 0.717) is 17.6 Å². The summed E-state index contributed by atoms with van der Waals surface area (Å²) in [5.74, 6) is 1.05. The number of nitrogens with two attached hydrogens (primary N) is 1. The summed E-state index contributed by atoms with van der Waals surface area (Å²) in [7, 11) is 1.85. The fourth-order valence-electron chi connectivity index (χ4n) is 2.43. The lowest BCUT2D eigenvalue weighted by molar-refractivity contribution is 0.0672. The van der Waals surface area contributed by atoms with E-state index in [4.69, 9.17) is 5.73 Å². The van der Waals surface area contributed by atoms with Crippen LogP contribution >= 0.6 is 0 Å². The molecule has 0 aromatic carbocycles. The first kappa shape index (κ1) is 12.8. The number of nitrogen functional groups attached to an aromatic ring is 1. The molecule has 98 valence electrons. The van der Waals surface area contributed by atoms with Crippen molar-refractivity contribution in [3.8, 4) is 0 Å². The van der Waals surface area contributed by atoms with Gasteiger partial charge in [-0.05, 0) is 43.7 Å². The molecule has 0 atom stereocenters. The van der Waals surface area contributed by atoms with Gasteiger partial charge in [0.05, 0.1) is 0 Å². The first-order valence-electron chi connectivity index (χ1n) is 6.44. The second-order valence-corrected chi connectivity index (χ2v) is 5.17. The number of aromatic nitrogens is 2. The Morgan fingerprint density at radius 1 is 1.28 bits per heavy atom. The molecule has 1 heterocycles. The third kappa shape index (κ3) is 2.78. The van der Waals surface area contributed by atoms with Crippen LogP contribution in [0.3, 0.4) is 0 Å². The summed E-state index contributed by atoms with van der Waals surface area (Å²) in [6.07, 6.45) is 4.53. The Hall–Kier alpha value is -1.65. The van der Waals surface area contributed by atoms with Crippen molar-refractivity contribution >= 4 is 11.7 Å². The van der Waals surface area contributed by atoms with Gasteiger partial charge in [0.1, 0.15) is 5.82 Å². The molecule has 5 nitrogen and oxygen atoms in total. The first-order chi connectivity index (χ1) is 8.58. The lowest BCUT2D eigenvalue weighted by atomic mass is 9.86. The van der Waals surface area contributed by atoms with Crippen molar-refractivity contribution in [2.45, 2.75) is 38.6 Å². The molecule has 0 bridgehead atoms. The molecule has 0 saturated heterocycles. The zero-order chi connectivity index (χ0) is 13.1. The van der Waals surface area contributed by atoms with E-state index < -0.39 is 0 Å². The summed E-state index contributed by atoms with van der Waals surface area (Å²) in [5, 5.41) is 7.56. The topological polar surface area (TPSA) is 72.1 Å². The van der Waals surface area contributed by atoms with E-state index in [1.807, 2.05) is 7.05 Å². The molecule has 1 amide bonds. The lowest BCUT2D eigenvalue weighted by Crippen LogP contribution is -2.39. The molecule has 1 saturated carbocycles. The second-order valence-electron chi connectivity index (χ2n) is 5.17. The van der Waals surface area contributed by atoms with Gasteiger partial charge in [-0.25, -0.2) is 0 Å². The van der Waals surface area contributed by atoms with Gasteiger partial charge in [0.2, 0.25) is 0 Å². The van der Waals surface area contributed by atoms with E-state index in [1.165, 1.54) is 12.8 Å². The van der Waals surface area contributed by atoms with Crippen LogP contribution in [-0.4, -0.2) is 34.1 Å². The number of hydrogen-bond donors (Lipinski definition) is 1. The van der Waals surface area contributed by atoms with Gasteiger partial charge in [-0.1, -0.05) is 6.92 Å². The van der Waals surface area contributed by atoms with Crippen LogP contribution in [0.25, 0.3) is 0 Å². The predicted molar refractivity (Wildman–Crippen MR) is 70.0 cm³/mol. The van der Waals surface area contributed by atoms with Crippen LogP contribution in [0.5, 0.6) is 0 Å². The van der Waals surface area contributed by atoms with Gasteiger partial charge in [-0.3, -0.25) is 4.79 Å². The van der Waals surface area contributed by atoms with Crippen LogP contribution in [0.15, 0.2) is 12.1 Å². The predicted octanol–water partition coefficient (Wildman–Crippen LogP) is 1.71. The maximum Gasteiger partial charge on any atom is 0.274 e. The molecular formula is C13H20N4O. The highest BCUT2D eigenvalue weighted by atomic mass is 16.2. The molecule has 1 fully saturated rings. The smallest absolute Gasteiger partial charge is 0.274 e. The van der Waals surface area contributed by atoms with Gasteiger partial charge < -0.3 is 10.6 Å². The van der Waals surface area contributed by atoms with Crippen LogP contribution in [0.4, 0.5) is 5.82 Å². The van der Waals surface area contributed by atoms with Gasteiger partial charge in [-0.15, -0.1) is 10.2 Å². The Morgan fingerprint density at radius 3 is 2.50 bits per heavy atom. The molecule has 1 aromatic heterocycles. The number of carbonyl (C=O) groups excluding carboxylic acids is 1. The molecule has 1 aromatic rings. The van der Waals surface area contributed by atoms with Crippen molar-refractivity contribution in [3.63, 3.8) is 0 Å². The molecule has 2 rings (SSSR count). The summed E-state index contributed by atoms with van der Waals surface area (Å²) in [5.41, 5.74) is 5.83. The Bertz CT molecular complexity index is 410. The Kier molecular flexibility index (Phi) is 3.79. The Labute approximate surface area is 107 Å². The molecule has 5 heteroatoms. The molecule has 1 aliphatic rings. The van der Waals surface area contributed by atoms with Gasteiger partial charge in [0.25, 0.3) is 5.91 Å². The molecule has 18 heavy (non-hydrogen) atoms. The van der Waals surface area contributed by atoms with Gasteiger partial charge in [0, 0.05) is 13.1 Å². The summed E-state index contributed by atoms with van der Waals surface area (Å²) in [4.78, 5) is 14.0. The van der Waals surface area contributed by atoms with Crippen LogP contribution < -0.4 is 5.73 Å². The number of rotatable bonds is 2. The zero-order valence-corrected chi connectivity index (χ0v) is 11.0. The number of nitrogens with zero attached hydrogens (tertiary/aromatic N) is 3. The summed E-state index contributed by atoms with van der Waals surface area (Å²) in [6, 6.07) is 3.57. The second kappa shape index (κ2) is 5.33. The molecule has 0 aliphatic heterocycles. The average molecular weight is 248 g/mol.